The molecule has 0 spiro atoms. The summed E-state index contributed by atoms with van der Waals surface area (Å²) in [5.41, 5.74) is 2.13. The molecule has 2 aromatic carbocycles. The van der Waals surface area contributed by atoms with Gasteiger partial charge in [-0.2, -0.15) is 0 Å². The van der Waals surface area contributed by atoms with Crippen LogP contribution in [0.3, 0.4) is 0 Å². The van der Waals surface area contributed by atoms with E-state index in [-0.39, 0.29) is 11.4 Å². The monoisotopic (exact) mass is 336 g/mol. The number of nitro benzene ring substituents is 1. The summed E-state index contributed by atoms with van der Waals surface area (Å²) in [7, 11) is 0. The van der Waals surface area contributed by atoms with Crippen LogP contribution >= 0.6 is 15.9 Å². The van der Waals surface area contributed by atoms with Crippen LogP contribution in [0.4, 0.5) is 11.4 Å². The van der Waals surface area contributed by atoms with Crippen LogP contribution in [0, 0.1) is 17.0 Å². The van der Waals surface area contributed by atoms with Crippen molar-refractivity contribution in [1.82, 2.24) is 0 Å². The number of nitrogens with zero attached hydrogens (tertiary/aromatic N) is 1. The molecule has 2 aromatic rings. The third-order valence-electron chi connectivity index (χ3n) is 2.93. The molecule has 0 unspecified atom stereocenters. The first-order valence-electron chi connectivity index (χ1n) is 5.93. The lowest BCUT2D eigenvalue weighted by Gasteiger charge is -2.09. The zero-order chi connectivity index (χ0) is 14.7. The molecule has 0 heterocycles. The number of rotatable bonds is 4. The number of anilines is 1. The van der Waals surface area contributed by atoms with Crippen molar-refractivity contribution >= 4 is 27.3 Å². The normalized spacial score (nSPS) is 10.3. The van der Waals surface area contributed by atoms with Gasteiger partial charge in [0.05, 0.1) is 4.92 Å². The number of benzene rings is 2. The third-order valence-corrected chi connectivity index (χ3v) is 3.42. The summed E-state index contributed by atoms with van der Waals surface area (Å²) in [6.45, 7) is 2.11. The summed E-state index contributed by atoms with van der Waals surface area (Å²) in [4.78, 5) is 10.6. The maximum atomic E-state index is 11.0. The molecular formula is C14H13BrN2O3. The topological polar surface area (TPSA) is 75.4 Å². The molecule has 0 radical (unpaired) electrons. The number of nitro groups is 1. The van der Waals surface area contributed by atoms with E-state index in [1.165, 1.54) is 6.07 Å². The molecule has 5 nitrogen and oxygen atoms in total. The van der Waals surface area contributed by atoms with Crippen molar-refractivity contribution in [3.8, 4) is 5.75 Å². The molecule has 0 aromatic heterocycles. The maximum absolute atomic E-state index is 11.0. The summed E-state index contributed by atoms with van der Waals surface area (Å²) < 4.78 is 0.784. The zero-order valence-corrected chi connectivity index (χ0v) is 12.3. The highest BCUT2D eigenvalue weighted by molar-refractivity contribution is 9.10. The number of hydrogen-bond acceptors (Lipinski definition) is 4. The number of phenols is 1. The largest absolute Gasteiger partial charge is 0.508 e. The number of hydrogen-bond donors (Lipinski definition) is 2. The van der Waals surface area contributed by atoms with Gasteiger partial charge in [-0.05, 0) is 30.7 Å². The van der Waals surface area contributed by atoms with E-state index >= 15 is 0 Å². The molecule has 6 heteroatoms. The van der Waals surface area contributed by atoms with Crippen LogP contribution in [0.2, 0.25) is 0 Å². The zero-order valence-electron chi connectivity index (χ0n) is 10.8. The van der Waals surface area contributed by atoms with Gasteiger partial charge in [-0.25, -0.2) is 0 Å². The average molecular weight is 337 g/mol. The standard InChI is InChI=1S/C14H13BrN2O3/c1-9-2-4-12(7-14(9)18)16-8-10-6-11(15)3-5-13(10)17(19)20/h2-7,16,18H,8H2,1H3. The van der Waals surface area contributed by atoms with Crippen LogP contribution in [-0.4, -0.2) is 10.0 Å². The molecule has 0 aliphatic heterocycles. The molecule has 2 rings (SSSR count). The van der Waals surface area contributed by atoms with Crippen molar-refractivity contribution in [2.24, 2.45) is 0 Å². The minimum absolute atomic E-state index is 0.0667. The smallest absolute Gasteiger partial charge is 0.274 e. The fraction of sp³-hybridized carbons (Fsp3) is 0.143. The molecule has 0 saturated heterocycles. The van der Waals surface area contributed by atoms with Gasteiger partial charge >= 0.3 is 0 Å². The molecule has 0 fully saturated rings. The Kier molecular flexibility index (Phi) is 4.24. The van der Waals surface area contributed by atoms with Crippen molar-refractivity contribution in [1.29, 1.82) is 0 Å². The lowest BCUT2D eigenvalue weighted by Crippen LogP contribution is -2.03. The molecule has 2 N–H and O–H groups in total. The first kappa shape index (κ1) is 14.3. The molecule has 0 aliphatic carbocycles. The summed E-state index contributed by atoms with van der Waals surface area (Å²) in [6.07, 6.45) is 0. The molecule has 0 aliphatic rings. The van der Waals surface area contributed by atoms with Crippen LogP contribution in [0.1, 0.15) is 11.1 Å². The Balaban J connectivity index is 2.20. The summed E-state index contributed by atoms with van der Waals surface area (Å²) in [5.74, 6) is 0.193. The van der Waals surface area contributed by atoms with Gasteiger partial charge in [0.25, 0.3) is 5.69 Å². The average Bonchev–Trinajstić information content (AvgIpc) is 2.40. The second kappa shape index (κ2) is 5.92. The van der Waals surface area contributed by atoms with Crippen molar-refractivity contribution in [2.75, 3.05) is 5.32 Å². The van der Waals surface area contributed by atoms with E-state index in [0.29, 0.717) is 17.8 Å². The van der Waals surface area contributed by atoms with Crippen molar-refractivity contribution < 1.29 is 10.0 Å². The molecule has 20 heavy (non-hydrogen) atoms. The van der Waals surface area contributed by atoms with Crippen LogP contribution < -0.4 is 5.32 Å². The quantitative estimate of drug-likeness (QED) is 0.654. The Labute approximate surface area is 124 Å². The summed E-state index contributed by atoms with van der Waals surface area (Å²) >= 11 is 3.30. The minimum atomic E-state index is -0.407. The lowest BCUT2D eigenvalue weighted by atomic mass is 10.1. The van der Waals surface area contributed by atoms with Gasteiger partial charge in [0.1, 0.15) is 5.75 Å². The molecular weight excluding hydrogens is 324 g/mol. The highest BCUT2D eigenvalue weighted by atomic mass is 79.9. The van der Waals surface area contributed by atoms with E-state index in [9.17, 15) is 15.2 Å². The van der Waals surface area contributed by atoms with Crippen LogP contribution in [0.25, 0.3) is 0 Å². The van der Waals surface area contributed by atoms with Gasteiger partial charge in [0.15, 0.2) is 0 Å². The molecule has 104 valence electrons. The summed E-state index contributed by atoms with van der Waals surface area (Å²) in [6, 6.07) is 10.0. The highest BCUT2D eigenvalue weighted by Crippen LogP contribution is 2.25. The maximum Gasteiger partial charge on any atom is 0.274 e. The molecule has 0 saturated carbocycles. The Morgan fingerprint density at radius 3 is 2.70 bits per heavy atom. The Bertz CT molecular complexity index is 659. The minimum Gasteiger partial charge on any atom is -0.508 e. The fourth-order valence-electron chi connectivity index (χ4n) is 1.79. The Morgan fingerprint density at radius 2 is 2.05 bits per heavy atom. The van der Waals surface area contributed by atoms with Crippen molar-refractivity contribution in [2.45, 2.75) is 13.5 Å². The van der Waals surface area contributed by atoms with Crippen LogP contribution in [0.15, 0.2) is 40.9 Å². The van der Waals surface area contributed by atoms with E-state index in [4.69, 9.17) is 0 Å². The third kappa shape index (κ3) is 3.27. The number of phenolic OH excluding ortho intramolecular Hbond substituents is 1. The highest BCUT2D eigenvalue weighted by Gasteiger charge is 2.13. The van der Waals surface area contributed by atoms with Gasteiger partial charge < -0.3 is 10.4 Å². The van der Waals surface area contributed by atoms with Crippen LogP contribution in [0.5, 0.6) is 5.75 Å². The second-order valence-electron chi connectivity index (χ2n) is 4.38. The van der Waals surface area contributed by atoms with Gasteiger partial charge in [0, 0.05) is 34.4 Å². The molecule has 0 atom stereocenters. The van der Waals surface area contributed by atoms with Gasteiger partial charge in [0.2, 0.25) is 0 Å². The number of aromatic hydroxyl groups is 1. The molecule has 0 amide bonds. The fourth-order valence-corrected chi connectivity index (χ4v) is 2.20. The van der Waals surface area contributed by atoms with Gasteiger partial charge in [-0.3, -0.25) is 10.1 Å². The van der Waals surface area contributed by atoms with Crippen LogP contribution in [-0.2, 0) is 6.54 Å². The van der Waals surface area contributed by atoms with Gasteiger partial charge in [-0.15, -0.1) is 0 Å². The predicted octanol–water partition coefficient (Wildman–Crippen LogP) is 3.98. The van der Waals surface area contributed by atoms with E-state index in [2.05, 4.69) is 21.2 Å². The van der Waals surface area contributed by atoms with Crippen molar-refractivity contribution in [3.05, 3.63) is 62.1 Å². The van der Waals surface area contributed by atoms with E-state index in [1.54, 1.807) is 31.2 Å². The number of halogens is 1. The second-order valence-corrected chi connectivity index (χ2v) is 5.30. The summed E-state index contributed by atoms with van der Waals surface area (Å²) in [5, 5.41) is 23.7. The Hall–Kier alpha value is -2.08. The predicted molar refractivity (Wildman–Crippen MR) is 81.0 cm³/mol. The SMILES string of the molecule is Cc1ccc(NCc2cc(Br)ccc2[N+](=O)[O-])cc1O. The van der Waals surface area contributed by atoms with Gasteiger partial charge in [-0.1, -0.05) is 22.0 Å². The van der Waals surface area contributed by atoms with E-state index in [1.807, 2.05) is 6.07 Å². The lowest BCUT2D eigenvalue weighted by molar-refractivity contribution is -0.385. The number of nitrogens with one attached hydrogen (secondary N) is 1. The number of aryl methyl sites for hydroxylation is 1. The van der Waals surface area contributed by atoms with E-state index in [0.717, 1.165) is 10.0 Å². The molecule has 0 bridgehead atoms. The Morgan fingerprint density at radius 1 is 1.30 bits per heavy atom. The van der Waals surface area contributed by atoms with Crippen molar-refractivity contribution in [3.63, 3.8) is 0 Å². The van der Waals surface area contributed by atoms with E-state index < -0.39 is 4.92 Å². The first-order valence-corrected chi connectivity index (χ1v) is 6.73. The first-order chi connectivity index (χ1) is 9.47.